The third kappa shape index (κ3) is 5.24. The summed E-state index contributed by atoms with van der Waals surface area (Å²) in [6, 6.07) is 4.45. The number of rotatable bonds is 9. The van der Waals surface area contributed by atoms with Crippen LogP contribution >= 0.6 is 0 Å². The van der Waals surface area contributed by atoms with E-state index in [2.05, 4.69) is 5.32 Å². The molecule has 0 bridgehead atoms. The Balaban J connectivity index is 1.76. The van der Waals surface area contributed by atoms with Crippen LogP contribution in [-0.2, 0) is 14.6 Å². The van der Waals surface area contributed by atoms with Gasteiger partial charge in [0.25, 0.3) is 5.91 Å². The van der Waals surface area contributed by atoms with E-state index < -0.39 is 20.5 Å². The average molecular weight is 347 g/mol. The Bertz CT molecular complexity index is 627. The SMILES string of the molecule is O=C(NCCCOCC1CC1)c1ccc(S(=O)(=O)C(F)F)cc1. The van der Waals surface area contributed by atoms with Gasteiger partial charge in [-0.2, -0.15) is 8.78 Å². The number of hydrogen-bond donors (Lipinski definition) is 1. The zero-order chi connectivity index (χ0) is 16.9. The first-order valence-electron chi connectivity index (χ1n) is 7.39. The second kappa shape index (κ2) is 7.83. The van der Waals surface area contributed by atoms with Crippen molar-refractivity contribution in [1.82, 2.24) is 5.32 Å². The van der Waals surface area contributed by atoms with Crippen LogP contribution in [0.1, 0.15) is 29.6 Å². The Hall–Kier alpha value is -1.54. The van der Waals surface area contributed by atoms with E-state index in [1.54, 1.807) is 0 Å². The van der Waals surface area contributed by atoms with Crippen LogP contribution < -0.4 is 5.32 Å². The fraction of sp³-hybridized carbons (Fsp3) is 0.533. The predicted octanol–water partition coefficient (Wildman–Crippen LogP) is 2.23. The first kappa shape index (κ1) is 17.8. The van der Waals surface area contributed by atoms with E-state index >= 15 is 0 Å². The highest BCUT2D eigenvalue weighted by Crippen LogP contribution is 2.28. The van der Waals surface area contributed by atoms with Gasteiger partial charge < -0.3 is 10.1 Å². The highest BCUT2D eigenvalue weighted by molar-refractivity contribution is 7.91. The van der Waals surface area contributed by atoms with Crippen molar-refractivity contribution in [2.24, 2.45) is 5.92 Å². The van der Waals surface area contributed by atoms with E-state index in [1.807, 2.05) is 0 Å². The van der Waals surface area contributed by atoms with Crippen LogP contribution in [0.3, 0.4) is 0 Å². The molecule has 0 atom stereocenters. The smallest absolute Gasteiger partial charge is 0.341 e. The Labute approximate surface area is 133 Å². The van der Waals surface area contributed by atoms with E-state index in [4.69, 9.17) is 4.74 Å². The van der Waals surface area contributed by atoms with Crippen molar-refractivity contribution < 1.29 is 26.7 Å². The number of carbonyl (C=O) groups excluding carboxylic acids is 1. The van der Waals surface area contributed by atoms with Gasteiger partial charge in [-0.05, 0) is 49.4 Å². The van der Waals surface area contributed by atoms with Crippen LogP contribution in [0.5, 0.6) is 0 Å². The molecule has 0 radical (unpaired) electrons. The van der Waals surface area contributed by atoms with Gasteiger partial charge >= 0.3 is 5.76 Å². The molecule has 1 amide bonds. The summed E-state index contributed by atoms with van der Waals surface area (Å²) >= 11 is 0. The molecular formula is C15H19F2NO4S. The summed E-state index contributed by atoms with van der Waals surface area (Å²) < 4.78 is 52.8. The van der Waals surface area contributed by atoms with Crippen LogP contribution in [-0.4, -0.2) is 39.8 Å². The molecule has 1 aliphatic carbocycles. The molecule has 1 aromatic rings. The van der Waals surface area contributed by atoms with Crippen LogP contribution in [0.2, 0.25) is 0 Å². The van der Waals surface area contributed by atoms with E-state index in [0.29, 0.717) is 25.5 Å². The predicted molar refractivity (Wildman–Crippen MR) is 80.1 cm³/mol. The fourth-order valence-corrected chi connectivity index (χ4v) is 2.63. The van der Waals surface area contributed by atoms with Crippen molar-refractivity contribution in [2.75, 3.05) is 19.8 Å². The molecule has 1 fully saturated rings. The maximum atomic E-state index is 12.4. The van der Waals surface area contributed by atoms with Gasteiger partial charge in [-0.1, -0.05) is 0 Å². The molecule has 0 heterocycles. The van der Waals surface area contributed by atoms with Crippen LogP contribution in [0.15, 0.2) is 29.2 Å². The number of halogens is 2. The molecule has 0 aromatic heterocycles. The van der Waals surface area contributed by atoms with Gasteiger partial charge in [-0.25, -0.2) is 8.42 Å². The maximum absolute atomic E-state index is 12.4. The lowest BCUT2D eigenvalue weighted by Gasteiger charge is -2.07. The molecule has 2 rings (SSSR count). The van der Waals surface area contributed by atoms with Crippen LogP contribution in [0, 0.1) is 5.92 Å². The number of ether oxygens (including phenoxy) is 1. The van der Waals surface area contributed by atoms with Gasteiger partial charge in [0.15, 0.2) is 0 Å². The number of hydrogen-bond acceptors (Lipinski definition) is 4. The van der Waals surface area contributed by atoms with E-state index in [1.165, 1.54) is 25.0 Å². The minimum atomic E-state index is -4.63. The number of amides is 1. The summed E-state index contributed by atoms with van der Waals surface area (Å²) in [6.45, 7) is 1.77. The van der Waals surface area contributed by atoms with Crippen molar-refractivity contribution in [2.45, 2.75) is 29.9 Å². The van der Waals surface area contributed by atoms with Crippen molar-refractivity contribution in [1.29, 1.82) is 0 Å². The third-order valence-corrected chi connectivity index (χ3v) is 4.88. The van der Waals surface area contributed by atoms with Crippen molar-refractivity contribution in [3.05, 3.63) is 29.8 Å². The Morgan fingerprint density at radius 1 is 1.26 bits per heavy atom. The summed E-state index contributed by atoms with van der Waals surface area (Å²) in [5.74, 6) is -3.15. The fourth-order valence-electron chi connectivity index (χ4n) is 1.91. The lowest BCUT2D eigenvalue weighted by atomic mass is 10.2. The summed E-state index contributed by atoms with van der Waals surface area (Å²) in [4.78, 5) is 11.3. The summed E-state index contributed by atoms with van der Waals surface area (Å²) in [7, 11) is -4.63. The minimum Gasteiger partial charge on any atom is -0.381 e. The first-order chi connectivity index (χ1) is 10.9. The molecule has 5 nitrogen and oxygen atoms in total. The highest BCUT2D eigenvalue weighted by Gasteiger charge is 2.26. The Morgan fingerprint density at radius 3 is 2.48 bits per heavy atom. The molecule has 1 aromatic carbocycles. The topological polar surface area (TPSA) is 72.5 Å². The quantitative estimate of drug-likeness (QED) is 0.695. The molecular weight excluding hydrogens is 328 g/mol. The molecule has 128 valence electrons. The zero-order valence-electron chi connectivity index (χ0n) is 12.5. The van der Waals surface area contributed by atoms with Gasteiger partial charge in [-0.15, -0.1) is 0 Å². The first-order valence-corrected chi connectivity index (χ1v) is 8.94. The molecule has 8 heteroatoms. The molecule has 23 heavy (non-hydrogen) atoms. The van der Waals surface area contributed by atoms with Gasteiger partial charge in [0, 0.05) is 25.3 Å². The normalized spacial score (nSPS) is 14.9. The Kier molecular flexibility index (Phi) is 6.06. The van der Waals surface area contributed by atoms with Crippen molar-refractivity contribution >= 4 is 15.7 Å². The lowest BCUT2D eigenvalue weighted by molar-refractivity contribution is 0.0937. The maximum Gasteiger partial charge on any atom is 0.341 e. The van der Waals surface area contributed by atoms with Gasteiger partial charge in [0.2, 0.25) is 9.84 Å². The lowest BCUT2D eigenvalue weighted by Crippen LogP contribution is -2.25. The molecule has 1 saturated carbocycles. The molecule has 0 spiro atoms. The van der Waals surface area contributed by atoms with Gasteiger partial charge in [0.1, 0.15) is 0 Å². The van der Waals surface area contributed by atoms with Crippen molar-refractivity contribution in [3.63, 3.8) is 0 Å². The number of carbonyl (C=O) groups is 1. The van der Waals surface area contributed by atoms with E-state index in [9.17, 15) is 22.0 Å². The second-order valence-corrected chi connectivity index (χ2v) is 7.38. The third-order valence-electron chi connectivity index (χ3n) is 3.48. The highest BCUT2D eigenvalue weighted by atomic mass is 32.2. The zero-order valence-corrected chi connectivity index (χ0v) is 13.3. The molecule has 0 saturated heterocycles. The van der Waals surface area contributed by atoms with Crippen molar-refractivity contribution in [3.8, 4) is 0 Å². The second-order valence-electron chi connectivity index (χ2n) is 5.46. The largest absolute Gasteiger partial charge is 0.381 e. The molecule has 1 aliphatic rings. The minimum absolute atomic E-state index is 0.220. The van der Waals surface area contributed by atoms with Gasteiger partial charge in [0.05, 0.1) is 4.90 Å². The number of benzene rings is 1. The van der Waals surface area contributed by atoms with Crippen LogP contribution in [0.4, 0.5) is 8.78 Å². The number of alkyl halides is 2. The molecule has 1 N–H and O–H groups in total. The summed E-state index contributed by atoms with van der Waals surface area (Å²) in [6.07, 6.45) is 3.14. The molecule has 0 unspecified atom stereocenters. The Morgan fingerprint density at radius 2 is 1.91 bits per heavy atom. The number of sulfone groups is 1. The van der Waals surface area contributed by atoms with Gasteiger partial charge in [-0.3, -0.25) is 4.79 Å². The summed E-state index contributed by atoms with van der Waals surface area (Å²) in [5.41, 5.74) is 0.220. The average Bonchev–Trinajstić information content (AvgIpc) is 3.34. The standard InChI is InChI=1S/C15H19F2NO4S/c16-15(17)23(20,21)13-6-4-12(5-7-13)14(19)18-8-1-9-22-10-11-2-3-11/h4-7,11,15H,1-3,8-10H2,(H,18,19). The number of nitrogens with one attached hydrogen (secondary N) is 1. The van der Waals surface area contributed by atoms with E-state index in [0.717, 1.165) is 18.7 Å². The monoisotopic (exact) mass is 347 g/mol. The van der Waals surface area contributed by atoms with E-state index in [-0.39, 0.29) is 11.5 Å². The molecule has 0 aliphatic heterocycles. The summed E-state index contributed by atoms with van der Waals surface area (Å²) in [5, 5.41) is 2.67. The van der Waals surface area contributed by atoms with Crippen LogP contribution in [0.25, 0.3) is 0 Å².